The second-order valence-corrected chi connectivity index (χ2v) is 8.64. The monoisotopic (exact) mass is 360 g/mol. The van der Waals surface area contributed by atoms with E-state index in [2.05, 4.69) is 20.4 Å². The van der Waals surface area contributed by atoms with Gasteiger partial charge in [0.05, 0.1) is 18.8 Å². The summed E-state index contributed by atoms with van der Waals surface area (Å²) in [5, 5.41) is 9.43. The van der Waals surface area contributed by atoms with Gasteiger partial charge in [0.15, 0.2) is 0 Å². The Kier molecular flexibility index (Phi) is 5.34. The minimum absolute atomic E-state index is 0.0583. The van der Waals surface area contributed by atoms with Gasteiger partial charge >= 0.3 is 5.97 Å². The highest BCUT2D eigenvalue weighted by atomic mass is 16.5. The first-order valence-electron chi connectivity index (χ1n) is 9.79. The number of allylic oxidation sites excluding steroid dienone is 1. The molecule has 1 aromatic heterocycles. The number of methoxy groups -OCH3 is 1. The Balaban J connectivity index is 1.85. The largest absolute Gasteiger partial charge is 0.469 e. The maximum Gasteiger partial charge on any atom is 0.311 e. The normalized spacial score (nSPS) is 34.4. The van der Waals surface area contributed by atoms with E-state index in [0.29, 0.717) is 17.6 Å². The molecule has 0 amide bonds. The van der Waals surface area contributed by atoms with Gasteiger partial charge in [-0.2, -0.15) is 0 Å². The molecule has 0 spiro atoms. The number of ether oxygens (including phenoxy) is 1. The Bertz CT molecular complexity index is 675. The fourth-order valence-corrected chi connectivity index (χ4v) is 5.99. The smallest absolute Gasteiger partial charge is 0.311 e. The van der Waals surface area contributed by atoms with Crippen molar-refractivity contribution in [1.82, 2.24) is 0 Å². The molecule has 2 fully saturated rings. The molecule has 2 aliphatic rings. The van der Waals surface area contributed by atoms with Crippen LogP contribution in [0.25, 0.3) is 0 Å². The van der Waals surface area contributed by atoms with Crippen molar-refractivity contribution < 1.29 is 19.1 Å². The van der Waals surface area contributed by atoms with Gasteiger partial charge < -0.3 is 14.3 Å². The van der Waals surface area contributed by atoms with Gasteiger partial charge in [0.2, 0.25) is 0 Å². The van der Waals surface area contributed by atoms with E-state index in [1.165, 1.54) is 12.7 Å². The summed E-state index contributed by atoms with van der Waals surface area (Å²) in [4.78, 5) is 12.6. The van der Waals surface area contributed by atoms with E-state index in [-0.39, 0.29) is 18.0 Å². The molecule has 1 heterocycles. The molecule has 2 aliphatic carbocycles. The Hall–Kier alpha value is -1.55. The van der Waals surface area contributed by atoms with E-state index in [4.69, 9.17) is 9.15 Å². The second-order valence-electron chi connectivity index (χ2n) is 8.64. The number of rotatable bonds is 5. The summed E-state index contributed by atoms with van der Waals surface area (Å²) in [7, 11) is 1.51. The van der Waals surface area contributed by atoms with Crippen molar-refractivity contribution in [1.29, 1.82) is 0 Å². The van der Waals surface area contributed by atoms with Gasteiger partial charge in [0, 0.05) is 0 Å². The fraction of sp³-hybridized carbons (Fsp3) is 0.682. The zero-order valence-corrected chi connectivity index (χ0v) is 16.3. The summed E-state index contributed by atoms with van der Waals surface area (Å²) in [6.45, 7) is 8.80. The van der Waals surface area contributed by atoms with Gasteiger partial charge in [-0.3, -0.25) is 4.79 Å². The summed E-state index contributed by atoms with van der Waals surface area (Å²) in [6.07, 6.45) is 8.59. The van der Waals surface area contributed by atoms with Crippen molar-refractivity contribution >= 4 is 5.97 Å². The lowest BCUT2D eigenvalue weighted by molar-refractivity contribution is -0.168. The van der Waals surface area contributed by atoms with Crippen LogP contribution in [0.1, 0.15) is 63.7 Å². The first kappa shape index (κ1) is 19.2. The first-order chi connectivity index (χ1) is 12.4. The molecule has 144 valence electrons. The summed E-state index contributed by atoms with van der Waals surface area (Å²) < 4.78 is 10.6. The van der Waals surface area contributed by atoms with Crippen LogP contribution in [-0.4, -0.2) is 18.2 Å². The number of aryl methyl sites for hydroxylation is 1. The summed E-state index contributed by atoms with van der Waals surface area (Å²) in [5.41, 5.74) is 2.07. The van der Waals surface area contributed by atoms with Gasteiger partial charge in [0.1, 0.15) is 12.4 Å². The van der Waals surface area contributed by atoms with Crippen LogP contribution in [0.15, 0.2) is 28.9 Å². The summed E-state index contributed by atoms with van der Waals surface area (Å²) in [6, 6.07) is 1.95. The molecule has 4 heteroatoms. The number of carbonyl (C=O) groups excluding carboxylic acids is 1. The standard InChI is InChI=1S/C22H32O4/c1-15-6-9-19-21(2,11-5-12-22(19,3)20(24)25-4)17(15)8-7-16-10-13-26-18(16)14-23/h10,13,17,19,23H,1,5-9,11-12,14H2,2-4H3/t17-,19-,21+,22-/m0/s1. The van der Waals surface area contributed by atoms with E-state index in [1.54, 1.807) is 6.26 Å². The number of esters is 1. The molecule has 26 heavy (non-hydrogen) atoms. The van der Waals surface area contributed by atoms with Crippen LogP contribution in [0.4, 0.5) is 0 Å². The van der Waals surface area contributed by atoms with Crippen LogP contribution in [-0.2, 0) is 22.6 Å². The molecule has 4 atom stereocenters. The number of aliphatic hydroxyl groups is 1. The maximum atomic E-state index is 12.6. The van der Waals surface area contributed by atoms with Crippen LogP contribution in [0.2, 0.25) is 0 Å². The van der Waals surface area contributed by atoms with Crippen molar-refractivity contribution in [2.45, 2.75) is 65.4 Å². The molecular formula is C22H32O4. The van der Waals surface area contributed by atoms with E-state index in [1.807, 2.05) is 6.07 Å². The van der Waals surface area contributed by atoms with Crippen LogP contribution >= 0.6 is 0 Å². The topological polar surface area (TPSA) is 59.7 Å². The Morgan fingerprint density at radius 1 is 1.42 bits per heavy atom. The van der Waals surface area contributed by atoms with Gasteiger partial charge in [-0.15, -0.1) is 0 Å². The Labute approximate surface area is 156 Å². The van der Waals surface area contributed by atoms with Gasteiger partial charge in [0.25, 0.3) is 0 Å². The minimum Gasteiger partial charge on any atom is -0.469 e. The molecule has 2 saturated carbocycles. The van der Waals surface area contributed by atoms with Gasteiger partial charge in [-0.05, 0) is 74.3 Å². The molecule has 0 aromatic carbocycles. The number of furan rings is 1. The minimum atomic E-state index is -0.396. The number of fused-ring (bicyclic) bond motifs is 1. The lowest BCUT2D eigenvalue weighted by Crippen LogP contribution is -2.53. The van der Waals surface area contributed by atoms with Crippen molar-refractivity contribution in [3.63, 3.8) is 0 Å². The number of hydrogen-bond donors (Lipinski definition) is 1. The third kappa shape index (κ3) is 3.02. The summed E-state index contributed by atoms with van der Waals surface area (Å²) in [5.74, 6) is 1.31. The molecule has 0 aliphatic heterocycles. The molecule has 1 N–H and O–H groups in total. The number of carbonyl (C=O) groups is 1. The van der Waals surface area contributed by atoms with E-state index in [0.717, 1.165) is 50.5 Å². The van der Waals surface area contributed by atoms with E-state index < -0.39 is 5.41 Å². The average Bonchev–Trinajstić information content (AvgIpc) is 3.07. The van der Waals surface area contributed by atoms with Gasteiger partial charge in [-0.1, -0.05) is 25.5 Å². The second kappa shape index (κ2) is 7.22. The molecule has 0 saturated heterocycles. The van der Waals surface area contributed by atoms with E-state index >= 15 is 0 Å². The Morgan fingerprint density at radius 2 is 2.19 bits per heavy atom. The average molecular weight is 360 g/mol. The van der Waals surface area contributed by atoms with Crippen LogP contribution in [0, 0.1) is 22.7 Å². The third-order valence-electron chi connectivity index (χ3n) is 7.36. The quantitative estimate of drug-likeness (QED) is 0.613. The van der Waals surface area contributed by atoms with Crippen molar-refractivity contribution in [3.8, 4) is 0 Å². The highest BCUT2D eigenvalue weighted by Crippen LogP contribution is 2.62. The lowest BCUT2D eigenvalue weighted by Gasteiger charge is -2.57. The molecule has 3 rings (SSSR count). The SMILES string of the molecule is C=C1CC[C@H]2[C@](C)(CCC[C@]2(C)C(=O)OC)[C@H]1CCc1ccoc1CO. The first-order valence-corrected chi connectivity index (χ1v) is 9.79. The van der Waals surface area contributed by atoms with E-state index in [9.17, 15) is 9.90 Å². The number of hydrogen-bond acceptors (Lipinski definition) is 4. The number of aliphatic hydroxyl groups excluding tert-OH is 1. The van der Waals surface area contributed by atoms with Crippen molar-refractivity contribution in [2.24, 2.45) is 22.7 Å². The molecule has 0 unspecified atom stereocenters. The summed E-state index contributed by atoms with van der Waals surface area (Å²) >= 11 is 0. The third-order valence-corrected chi connectivity index (χ3v) is 7.36. The zero-order valence-electron chi connectivity index (χ0n) is 16.3. The van der Waals surface area contributed by atoms with Crippen LogP contribution in [0.3, 0.4) is 0 Å². The van der Waals surface area contributed by atoms with Crippen LogP contribution in [0.5, 0.6) is 0 Å². The van der Waals surface area contributed by atoms with Gasteiger partial charge in [-0.25, -0.2) is 0 Å². The highest BCUT2D eigenvalue weighted by molar-refractivity contribution is 5.77. The molecule has 1 aromatic rings. The molecule has 0 bridgehead atoms. The molecular weight excluding hydrogens is 328 g/mol. The van der Waals surface area contributed by atoms with Crippen LogP contribution < -0.4 is 0 Å². The maximum absolute atomic E-state index is 12.6. The predicted molar refractivity (Wildman–Crippen MR) is 100 cm³/mol. The highest BCUT2D eigenvalue weighted by Gasteiger charge is 2.57. The Morgan fingerprint density at radius 3 is 2.88 bits per heavy atom. The fourth-order valence-electron chi connectivity index (χ4n) is 5.99. The lowest BCUT2D eigenvalue weighted by atomic mass is 9.46. The van der Waals surface area contributed by atoms with Crippen molar-refractivity contribution in [2.75, 3.05) is 7.11 Å². The molecule has 4 nitrogen and oxygen atoms in total. The zero-order chi connectivity index (χ0) is 18.9. The van der Waals surface area contributed by atoms with Crippen molar-refractivity contribution in [3.05, 3.63) is 35.8 Å². The molecule has 0 radical (unpaired) electrons. The predicted octanol–water partition coefficient (Wildman–Crippen LogP) is 4.66.